The van der Waals surface area contributed by atoms with E-state index >= 15 is 0 Å². The average molecular weight is 423 g/mol. The van der Waals surface area contributed by atoms with Crippen LogP contribution in [0.2, 0.25) is 5.02 Å². The van der Waals surface area contributed by atoms with Crippen LogP contribution in [0.4, 0.5) is 5.69 Å². The summed E-state index contributed by atoms with van der Waals surface area (Å²) in [5.74, 6) is 0.970. The van der Waals surface area contributed by atoms with E-state index in [9.17, 15) is 4.79 Å². The Kier molecular flexibility index (Phi) is 7.76. The maximum absolute atomic E-state index is 13.4. The topological polar surface area (TPSA) is 32.8 Å². The number of hydrogen-bond acceptors (Lipinski definition) is 3. The number of amides is 1. The van der Waals surface area contributed by atoms with Crippen LogP contribution in [0.25, 0.3) is 0 Å². The van der Waals surface area contributed by atoms with Crippen molar-refractivity contribution < 1.29 is 9.53 Å². The molecule has 2 aromatic rings. The molecule has 1 amide bonds. The molecule has 2 aromatic carbocycles. The molecule has 28 heavy (non-hydrogen) atoms. The van der Waals surface area contributed by atoms with E-state index in [4.69, 9.17) is 16.3 Å². The zero-order valence-electron chi connectivity index (χ0n) is 16.8. The Morgan fingerprint density at radius 3 is 2.46 bits per heavy atom. The van der Waals surface area contributed by atoms with E-state index < -0.39 is 0 Å². The molecule has 0 bridgehead atoms. The van der Waals surface area contributed by atoms with Crippen LogP contribution in [0.1, 0.15) is 24.0 Å². The number of anilines is 1. The van der Waals surface area contributed by atoms with Gasteiger partial charge in [0, 0.05) is 29.7 Å². The summed E-state index contributed by atoms with van der Waals surface area (Å²) in [7, 11) is 5.71. The largest absolute Gasteiger partial charge is 0.497 e. The van der Waals surface area contributed by atoms with Gasteiger partial charge in [-0.3, -0.25) is 4.79 Å². The number of methoxy groups -OCH3 is 1. The van der Waals surface area contributed by atoms with Crippen LogP contribution in [-0.4, -0.2) is 45.1 Å². The first-order valence-electron chi connectivity index (χ1n) is 9.29. The van der Waals surface area contributed by atoms with E-state index in [0.717, 1.165) is 35.5 Å². The highest BCUT2D eigenvalue weighted by Gasteiger charge is 2.35. The fourth-order valence-corrected chi connectivity index (χ4v) is 3.91. The standard InChI is InChI=1S/C22H27ClN2O2.ClH/c1-15-20(16-5-8-19(27-4)9-6-16)14-17-13-18(23)7-10-21(17)25(22(15)26)12-11-24(2)3;/h5-10,13,15,20H,11-12,14H2,1-4H3;1H/t15-,20-;/m0./s1. The monoisotopic (exact) mass is 422 g/mol. The first-order valence-corrected chi connectivity index (χ1v) is 9.67. The Morgan fingerprint density at radius 1 is 1.18 bits per heavy atom. The zero-order valence-corrected chi connectivity index (χ0v) is 18.4. The lowest BCUT2D eigenvalue weighted by atomic mass is 9.83. The summed E-state index contributed by atoms with van der Waals surface area (Å²) in [6.07, 6.45) is 0.785. The number of fused-ring (bicyclic) bond motifs is 1. The average Bonchev–Trinajstić information content (AvgIpc) is 2.75. The normalized spacial score (nSPS) is 19.1. The number of carbonyl (C=O) groups excluding carboxylic acids is 1. The van der Waals surface area contributed by atoms with Crippen molar-refractivity contribution in [3.05, 3.63) is 58.6 Å². The van der Waals surface area contributed by atoms with Gasteiger partial charge in [0.2, 0.25) is 5.91 Å². The van der Waals surface area contributed by atoms with Crippen LogP contribution in [0.5, 0.6) is 5.75 Å². The molecule has 0 aromatic heterocycles. The molecule has 0 radical (unpaired) electrons. The van der Waals surface area contributed by atoms with Crippen molar-refractivity contribution in [3.63, 3.8) is 0 Å². The molecule has 4 nitrogen and oxygen atoms in total. The Balaban J connectivity index is 0.00000280. The molecule has 3 rings (SSSR count). The van der Waals surface area contributed by atoms with Crippen LogP contribution in [0.15, 0.2) is 42.5 Å². The third-order valence-electron chi connectivity index (χ3n) is 5.35. The summed E-state index contributed by atoms with van der Waals surface area (Å²) in [6, 6.07) is 13.9. The van der Waals surface area contributed by atoms with E-state index in [2.05, 4.69) is 17.0 Å². The van der Waals surface area contributed by atoms with Gasteiger partial charge in [-0.1, -0.05) is 30.7 Å². The van der Waals surface area contributed by atoms with Crippen molar-refractivity contribution in [2.75, 3.05) is 39.2 Å². The molecular weight excluding hydrogens is 395 g/mol. The summed E-state index contributed by atoms with van der Waals surface area (Å²) >= 11 is 6.28. The number of hydrogen-bond donors (Lipinski definition) is 0. The minimum absolute atomic E-state index is 0. The van der Waals surface area contributed by atoms with Crippen LogP contribution >= 0.6 is 24.0 Å². The summed E-state index contributed by atoms with van der Waals surface area (Å²) in [5, 5.41) is 0.705. The lowest BCUT2D eigenvalue weighted by molar-refractivity contribution is -0.122. The third kappa shape index (κ3) is 4.80. The quantitative estimate of drug-likeness (QED) is 0.703. The molecular formula is C22H28Cl2N2O2. The lowest BCUT2D eigenvalue weighted by Gasteiger charge is -2.27. The summed E-state index contributed by atoms with van der Waals surface area (Å²) in [4.78, 5) is 17.4. The summed E-state index contributed by atoms with van der Waals surface area (Å²) < 4.78 is 5.28. The second-order valence-electron chi connectivity index (χ2n) is 7.44. The van der Waals surface area contributed by atoms with E-state index in [0.29, 0.717) is 11.6 Å². The molecule has 6 heteroatoms. The number of benzene rings is 2. The Bertz CT molecular complexity index is 809. The number of halogens is 2. The van der Waals surface area contributed by atoms with Gasteiger partial charge in [0.15, 0.2) is 0 Å². The first kappa shape index (κ1) is 22.5. The van der Waals surface area contributed by atoms with Gasteiger partial charge in [-0.15, -0.1) is 12.4 Å². The SMILES string of the molecule is COc1ccc([C@H]2Cc3cc(Cl)ccc3N(CCN(C)C)C(=O)[C@H]2C)cc1.Cl. The molecule has 0 saturated carbocycles. The van der Waals surface area contributed by atoms with Crippen molar-refractivity contribution in [1.29, 1.82) is 0 Å². The van der Waals surface area contributed by atoms with Gasteiger partial charge in [-0.05, 0) is 67.9 Å². The van der Waals surface area contributed by atoms with Crippen LogP contribution < -0.4 is 9.64 Å². The highest BCUT2D eigenvalue weighted by atomic mass is 35.5. The number of rotatable bonds is 5. The maximum Gasteiger partial charge on any atom is 0.230 e. The summed E-state index contributed by atoms with van der Waals surface area (Å²) in [5.41, 5.74) is 3.26. The van der Waals surface area contributed by atoms with Crippen molar-refractivity contribution in [2.45, 2.75) is 19.3 Å². The van der Waals surface area contributed by atoms with E-state index in [1.807, 2.05) is 56.3 Å². The zero-order chi connectivity index (χ0) is 19.6. The molecule has 0 unspecified atom stereocenters. The smallest absolute Gasteiger partial charge is 0.230 e. The Labute approximate surface area is 178 Å². The van der Waals surface area contributed by atoms with Crippen LogP contribution in [0, 0.1) is 5.92 Å². The second-order valence-corrected chi connectivity index (χ2v) is 7.88. The van der Waals surface area contributed by atoms with E-state index in [-0.39, 0.29) is 30.2 Å². The number of nitrogens with zero attached hydrogens (tertiary/aromatic N) is 2. The molecule has 2 atom stereocenters. The molecule has 1 heterocycles. The third-order valence-corrected chi connectivity index (χ3v) is 5.58. The minimum Gasteiger partial charge on any atom is -0.497 e. The van der Waals surface area contributed by atoms with Gasteiger partial charge < -0.3 is 14.5 Å². The van der Waals surface area contributed by atoms with Gasteiger partial charge in [0.05, 0.1) is 7.11 Å². The molecule has 152 valence electrons. The van der Waals surface area contributed by atoms with Crippen LogP contribution in [0.3, 0.4) is 0 Å². The molecule has 1 aliphatic heterocycles. The van der Waals surface area contributed by atoms with Crippen molar-refractivity contribution >= 4 is 35.6 Å². The molecule has 0 aliphatic carbocycles. The van der Waals surface area contributed by atoms with Crippen LogP contribution in [-0.2, 0) is 11.2 Å². The highest BCUT2D eigenvalue weighted by molar-refractivity contribution is 6.30. The van der Waals surface area contributed by atoms with Crippen molar-refractivity contribution in [2.24, 2.45) is 5.92 Å². The van der Waals surface area contributed by atoms with Gasteiger partial charge in [-0.25, -0.2) is 0 Å². The predicted octanol–water partition coefficient (Wildman–Crippen LogP) is 4.64. The van der Waals surface area contributed by atoms with Gasteiger partial charge in [0.1, 0.15) is 5.75 Å². The Hall–Kier alpha value is -1.75. The lowest BCUT2D eigenvalue weighted by Crippen LogP contribution is -2.40. The van der Waals surface area contributed by atoms with Gasteiger partial charge in [0.25, 0.3) is 0 Å². The fourth-order valence-electron chi connectivity index (χ4n) is 3.72. The van der Waals surface area contributed by atoms with E-state index in [1.54, 1.807) is 7.11 Å². The molecule has 0 saturated heterocycles. The molecule has 0 spiro atoms. The first-order chi connectivity index (χ1) is 12.9. The predicted molar refractivity (Wildman–Crippen MR) is 118 cm³/mol. The van der Waals surface area contributed by atoms with Crippen molar-refractivity contribution in [3.8, 4) is 5.75 Å². The Morgan fingerprint density at radius 2 is 1.86 bits per heavy atom. The van der Waals surface area contributed by atoms with Gasteiger partial charge in [-0.2, -0.15) is 0 Å². The molecule has 0 N–H and O–H groups in total. The number of likely N-dealkylation sites (N-methyl/N-ethyl adjacent to an activating group) is 1. The minimum atomic E-state index is -0.119. The molecule has 0 fully saturated rings. The van der Waals surface area contributed by atoms with E-state index in [1.165, 1.54) is 0 Å². The van der Waals surface area contributed by atoms with Crippen molar-refractivity contribution in [1.82, 2.24) is 4.90 Å². The summed E-state index contributed by atoms with van der Waals surface area (Å²) in [6.45, 7) is 3.52. The molecule has 1 aliphatic rings. The maximum atomic E-state index is 13.4. The second kappa shape index (κ2) is 9.64. The highest BCUT2D eigenvalue weighted by Crippen LogP contribution is 2.39. The fraction of sp³-hybridized carbons (Fsp3) is 0.409. The number of ether oxygens (including phenoxy) is 1. The number of carbonyl (C=O) groups is 1. The van der Waals surface area contributed by atoms with Gasteiger partial charge >= 0.3 is 0 Å².